The number of carbonyl (C=O) groups excluding carboxylic acids is 1. The van der Waals surface area contributed by atoms with E-state index < -0.39 is 0 Å². The number of hydrogen-bond acceptors (Lipinski definition) is 5. The Bertz CT molecular complexity index is 723. The predicted octanol–water partition coefficient (Wildman–Crippen LogP) is 4.17. The van der Waals surface area contributed by atoms with Gasteiger partial charge in [0.15, 0.2) is 12.2 Å². The number of Topliss-reactive ketones (excluding diaryl/α,β-unsaturated/α-hetero) is 1. The SMILES string of the molecule is COc1cc(N=C2CCCC(=O)C2)c(I)cc1-c1cnco1. The van der Waals surface area contributed by atoms with Gasteiger partial charge in [0.25, 0.3) is 0 Å². The van der Waals surface area contributed by atoms with E-state index in [0.29, 0.717) is 24.4 Å². The maximum Gasteiger partial charge on any atom is 0.181 e. The lowest BCUT2D eigenvalue weighted by molar-refractivity contribution is -0.118. The Labute approximate surface area is 141 Å². The number of aliphatic imine (C=N–C) groups is 1. The largest absolute Gasteiger partial charge is 0.496 e. The van der Waals surface area contributed by atoms with Crippen molar-refractivity contribution in [3.8, 4) is 17.1 Å². The van der Waals surface area contributed by atoms with Crippen LogP contribution >= 0.6 is 22.6 Å². The highest BCUT2D eigenvalue weighted by Gasteiger charge is 2.17. The second kappa shape index (κ2) is 6.60. The van der Waals surface area contributed by atoms with Gasteiger partial charge < -0.3 is 9.15 Å². The van der Waals surface area contributed by atoms with Crippen molar-refractivity contribution in [1.82, 2.24) is 4.98 Å². The lowest BCUT2D eigenvalue weighted by atomic mass is 9.97. The molecule has 0 aliphatic heterocycles. The number of halogens is 1. The summed E-state index contributed by atoms with van der Waals surface area (Å²) < 4.78 is 11.8. The Morgan fingerprint density at radius 3 is 2.91 bits per heavy atom. The summed E-state index contributed by atoms with van der Waals surface area (Å²) >= 11 is 2.24. The number of oxazole rings is 1. The molecule has 0 radical (unpaired) electrons. The van der Waals surface area contributed by atoms with Crippen LogP contribution in [-0.4, -0.2) is 23.6 Å². The molecule has 0 unspecified atom stereocenters. The summed E-state index contributed by atoms with van der Waals surface area (Å²) in [5.41, 5.74) is 2.61. The Kier molecular flexibility index (Phi) is 4.56. The van der Waals surface area contributed by atoms with E-state index in [1.54, 1.807) is 13.3 Å². The fourth-order valence-electron chi connectivity index (χ4n) is 2.50. The van der Waals surface area contributed by atoms with Crippen LogP contribution in [-0.2, 0) is 4.79 Å². The van der Waals surface area contributed by atoms with Crippen LogP contribution in [0.15, 0.2) is 34.1 Å². The number of ketones is 1. The summed E-state index contributed by atoms with van der Waals surface area (Å²) in [5.74, 6) is 1.60. The van der Waals surface area contributed by atoms with E-state index >= 15 is 0 Å². The zero-order chi connectivity index (χ0) is 15.5. The lowest BCUT2D eigenvalue weighted by Crippen LogP contribution is -2.14. The van der Waals surface area contributed by atoms with Gasteiger partial charge in [-0.2, -0.15) is 0 Å². The van der Waals surface area contributed by atoms with Gasteiger partial charge in [0.05, 0.1) is 24.6 Å². The molecule has 114 valence electrons. The van der Waals surface area contributed by atoms with Crippen molar-refractivity contribution in [2.75, 3.05) is 7.11 Å². The van der Waals surface area contributed by atoms with Crippen molar-refractivity contribution in [2.45, 2.75) is 25.7 Å². The average molecular weight is 410 g/mol. The molecule has 0 bridgehead atoms. The quantitative estimate of drug-likeness (QED) is 0.713. The summed E-state index contributed by atoms with van der Waals surface area (Å²) in [7, 11) is 1.61. The predicted molar refractivity (Wildman–Crippen MR) is 91.8 cm³/mol. The van der Waals surface area contributed by atoms with Gasteiger partial charge in [-0.1, -0.05) is 0 Å². The van der Waals surface area contributed by atoms with Gasteiger partial charge in [-0.25, -0.2) is 4.98 Å². The van der Waals surface area contributed by atoms with E-state index in [2.05, 4.69) is 32.6 Å². The molecule has 1 aromatic heterocycles. The zero-order valence-electron chi connectivity index (χ0n) is 12.1. The fourth-order valence-corrected chi connectivity index (χ4v) is 3.09. The number of hydrogen-bond donors (Lipinski definition) is 0. The third-order valence-electron chi connectivity index (χ3n) is 3.57. The molecular formula is C16H15IN2O3. The Hall–Kier alpha value is -1.70. The van der Waals surface area contributed by atoms with Crippen molar-refractivity contribution in [1.29, 1.82) is 0 Å². The summed E-state index contributed by atoms with van der Waals surface area (Å²) in [6.07, 6.45) is 5.95. The van der Waals surface area contributed by atoms with E-state index in [1.165, 1.54) is 6.39 Å². The first-order valence-corrected chi connectivity index (χ1v) is 8.10. The van der Waals surface area contributed by atoms with Crippen molar-refractivity contribution < 1.29 is 13.9 Å². The number of rotatable bonds is 3. The van der Waals surface area contributed by atoms with Crippen LogP contribution in [0.3, 0.4) is 0 Å². The molecule has 3 rings (SSSR count). The van der Waals surface area contributed by atoms with Gasteiger partial charge in [-0.05, 0) is 41.5 Å². The summed E-state index contributed by atoms with van der Waals surface area (Å²) in [6.45, 7) is 0. The summed E-state index contributed by atoms with van der Waals surface area (Å²) in [4.78, 5) is 20.2. The minimum absolute atomic E-state index is 0.269. The van der Waals surface area contributed by atoms with Crippen molar-refractivity contribution in [3.63, 3.8) is 0 Å². The molecule has 1 aliphatic rings. The summed E-state index contributed by atoms with van der Waals surface area (Å²) in [5, 5.41) is 0. The van der Waals surface area contributed by atoms with Crippen LogP contribution < -0.4 is 4.74 Å². The molecule has 1 fully saturated rings. The third-order valence-corrected chi connectivity index (χ3v) is 4.43. The molecule has 1 heterocycles. The Balaban J connectivity index is 1.99. The second-order valence-corrected chi connectivity index (χ2v) is 6.28. The molecule has 5 nitrogen and oxygen atoms in total. The number of aromatic nitrogens is 1. The van der Waals surface area contributed by atoms with E-state index in [4.69, 9.17) is 9.15 Å². The Morgan fingerprint density at radius 2 is 2.23 bits per heavy atom. The van der Waals surface area contributed by atoms with Crippen LogP contribution in [0, 0.1) is 3.57 Å². The number of benzene rings is 1. The lowest BCUT2D eigenvalue weighted by Gasteiger charge is -2.13. The van der Waals surface area contributed by atoms with Gasteiger partial charge in [-0.3, -0.25) is 9.79 Å². The van der Waals surface area contributed by atoms with E-state index in [0.717, 1.165) is 33.4 Å². The van der Waals surface area contributed by atoms with Crippen LogP contribution in [0.2, 0.25) is 0 Å². The number of nitrogens with zero attached hydrogens (tertiary/aromatic N) is 2. The molecule has 0 amide bonds. The molecule has 0 N–H and O–H groups in total. The first kappa shape index (κ1) is 15.2. The zero-order valence-corrected chi connectivity index (χ0v) is 14.3. The minimum atomic E-state index is 0.269. The van der Waals surface area contributed by atoms with Crippen LogP contribution in [0.4, 0.5) is 5.69 Å². The van der Waals surface area contributed by atoms with Gasteiger partial charge >= 0.3 is 0 Å². The molecule has 0 spiro atoms. The van der Waals surface area contributed by atoms with Crippen molar-refractivity contribution in [3.05, 3.63) is 28.3 Å². The van der Waals surface area contributed by atoms with Crippen molar-refractivity contribution in [2.24, 2.45) is 4.99 Å². The number of methoxy groups -OCH3 is 1. The molecule has 2 aromatic rings. The van der Waals surface area contributed by atoms with Gasteiger partial charge in [0.2, 0.25) is 0 Å². The number of ether oxygens (including phenoxy) is 1. The molecule has 0 saturated heterocycles. The third kappa shape index (κ3) is 3.21. The molecule has 1 aliphatic carbocycles. The minimum Gasteiger partial charge on any atom is -0.496 e. The van der Waals surface area contributed by atoms with Crippen molar-refractivity contribution >= 4 is 39.8 Å². The van der Waals surface area contributed by atoms with E-state index in [-0.39, 0.29) is 5.78 Å². The first-order valence-electron chi connectivity index (χ1n) is 7.02. The van der Waals surface area contributed by atoms with Gasteiger partial charge in [0, 0.05) is 28.2 Å². The van der Waals surface area contributed by atoms with Gasteiger partial charge in [0.1, 0.15) is 11.5 Å². The molecule has 1 aromatic carbocycles. The molecule has 6 heteroatoms. The summed E-state index contributed by atoms with van der Waals surface area (Å²) in [6, 6.07) is 3.84. The highest BCUT2D eigenvalue weighted by molar-refractivity contribution is 14.1. The molecular weight excluding hydrogens is 395 g/mol. The highest BCUT2D eigenvalue weighted by atomic mass is 127. The maximum absolute atomic E-state index is 11.6. The molecule has 0 atom stereocenters. The maximum atomic E-state index is 11.6. The first-order chi connectivity index (χ1) is 10.7. The van der Waals surface area contributed by atoms with Gasteiger partial charge in [-0.15, -0.1) is 0 Å². The van der Waals surface area contributed by atoms with Crippen LogP contribution in [0.25, 0.3) is 11.3 Å². The van der Waals surface area contributed by atoms with Crippen LogP contribution in [0.1, 0.15) is 25.7 Å². The normalized spacial score (nSPS) is 17.0. The standard InChI is InChI=1S/C16H15IN2O3/c1-21-15-7-14(19-10-3-2-4-11(20)5-10)13(17)6-12(15)16-8-18-9-22-16/h6-9H,2-5H2,1H3. The molecule has 1 saturated carbocycles. The average Bonchev–Trinajstić information content (AvgIpc) is 3.03. The smallest absolute Gasteiger partial charge is 0.181 e. The van der Waals surface area contributed by atoms with Crippen LogP contribution in [0.5, 0.6) is 5.75 Å². The monoisotopic (exact) mass is 410 g/mol. The molecule has 22 heavy (non-hydrogen) atoms. The highest BCUT2D eigenvalue weighted by Crippen LogP contribution is 2.37. The second-order valence-electron chi connectivity index (χ2n) is 5.12. The fraction of sp³-hybridized carbons (Fsp3) is 0.312. The number of carbonyl (C=O) groups is 1. The van der Waals surface area contributed by atoms with E-state index in [9.17, 15) is 4.79 Å². The van der Waals surface area contributed by atoms with E-state index in [1.807, 2.05) is 12.1 Å². The Morgan fingerprint density at radius 1 is 1.36 bits per heavy atom. The topological polar surface area (TPSA) is 64.7 Å².